The zero-order valence-electron chi connectivity index (χ0n) is 6.62. The van der Waals surface area contributed by atoms with E-state index in [1.165, 1.54) is 0 Å². The summed E-state index contributed by atoms with van der Waals surface area (Å²) >= 11 is 3.99. The van der Waals surface area contributed by atoms with Crippen LogP contribution in [0.1, 0.15) is 0 Å². The summed E-state index contributed by atoms with van der Waals surface area (Å²) in [5.74, 6) is 0. The van der Waals surface area contributed by atoms with E-state index in [9.17, 15) is 0 Å². The van der Waals surface area contributed by atoms with Crippen LogP contribution < -0.4 is 10.7 Å². The molecule has 0 unspecified atom stereocenters. The number of hydrogen-bond donors (Lipinski definition) is 3. The number of thiol groups is 1. The topological polar surface area (TPSA) is 65.2 Å². The third-order valence-corrected chi connectivity index (χ3v) is 2.23. The first-order valence-electron chi connectivity index (χ1n) is 3.75. The molecule has 6 heteroatoms. The van der Waals surface area contributed by atoms with E-state index in [0.29, 0.717) is 10.7 Å². The third-order valence-electron chi connectivity index (χ3n) is 1.80. The summed E-state index contributed by atoms with van der Waals surface area (Å²) in [6, 6.07) is 7.11. The molecule has 1 aromatic carbocycles. The summed E-state index contributed by atoms with van der Waals surface area (Å²) in [5.41, 5.74) is 0. The molecule has 2 rings (SSSR count). The van der Waals surface area contributed by atoms with E-state index in [4.69, 9.17) is 10.0 Å². The number of benzene rings is 1. The quantitative estimate of drug-likeness (QED) is 0.377. The Morgan fingerprint density at radius 3 is 2.00 bits per heavy atom. The maximum absolute atomic E-state index is 8.98. The van der Waals surface area contributed by atoms with Crippen molar-refractivity contribution in [2.45, 2.75) is 4.89 Å². The third kappa shape index (κ3) is 1.37. The van der Waals surface area contributed by atoms with Gasteiger partial charge in [-0.1, -0.05) is 12.1 Å². The Balaban J connectivity index is 2.63. The van der Waals surface area contributed by atoms with Gasteiger partial charge >= 0.3 is 7.12 Å². The van der Waals surface area contributed by atoms with Gasteiger partial charge in [-0.3, -0.25) is 0 Å². The lowest BCUT2D eigenvalue weighted by Crippen LogP contribution is -2.37. The lowest BCUT2D eigenvalue weighted by atomic mass is 9.86. The zero-order chi connectivity index (χ0) is 9.47. The molecule has 0 saturated heterocycles. The molecule has 4 nitrogen and oxygen atoms in total. The summed E-state index contributed by atoms with van der Waals surface area (Å²) in [6.45, 7) is 0. The van der Waals surface area contributed by atoms with Gasteiger partial charge in [-0.05, 0) is 12.1 Å². The molecule has 66 valence electrons. The largest absolute Gasteiger partial charge is 0.516 e. The fourth-order valence-electron chi connectivity index (χ4n) is 1.15. The number of nitrogens with zero attached hydrogens (tertiary/aromatic N) is 2. The Bertz CT molecular complexity index is 413. The Kier molecular flexibility index (Phi) is 1.90. The maximum atomic E-state index is 8.98. The van der Waals surface area contributed by atoms with E-state index in [2.05, 4.69) is 22.6 Å². The Morgan fingerprint density at radius 2 is 1.62 bits per heavy atom. The first kappa shape index (κ1) is 8.74. The monoisotopic (exact) mass is 194 g/mol. The van der Waals surface area contributed by atoms with E-state index < -0.39 is 12.0 Å². The first-order valence-corrected chi connectivity index (χ1v) is 4.20. The normalized spacial score (nSPS) is 17.2. The molecule has 1 aliphatic heterocycles. The van der Waals surface area contributed by atoms with Gasteiger partial charge in [0.15, 0.2) is 0 Å². The van der Waals surface area contributed by atoms with Crippen molar-refractivity contribution in [1.29, 1.82) is 0 Å². The second-order valence-corrected chi connectivity index (χ2v) is 3.43. The molecule has 2 N–H and O–H groups in total. The van der Waals surface area contributed by atoms with Crippen LogP contribution in [0.5, 0.6) is 0 Å². The number of rotatable bonds is 1. The van der Waals surface area contributed by atoms with Crippen LogP contribution in [0.2, 0.25) is 0 Å². The van der Waals surface area contributed by atoms with Crippen LogP contribution in [0.25, 0.3) is 0 Å². The maximum Gasteiger partial charge on any atom is 0.516 e. The molecule has 0 amide bonds. The minimum absolute atomic E-state index is 0.630. The minimum atomic E-state index is -1.69. The van der Waals surface area contributed by atoms with Gasteiger partial charge in [-0.15, -0.1) is 12.6 Å². The number of para-hydroxylation sites is 2. The van der Waals surface area contributed by atoms with Crippen LogP contribution >= 0.6 is 12.6 Å². The molecule has 0 radical (unpaired) electrons. The van der Waals surface area contributed by atoms with Crippen LogP contribution in [0.3, 0.4) is 0 Å². The first-order chi connectivity index (χ1) is 6.12. The van der Waals surface area contributed by atoms with Crippen molar-refractivity contribution in [2.24, 2.45) is 9.98 Å². The molecule has 0 fully saturated rings. The van der Waals surface area contributed by atoms with Crippen molar-refractivity contribution >= 4 is 19.7 Å². The highest BCUT2D eigenvalue weighted by Gasteiger charge is 2.40. The molecule has 1 aliphatic rings. The smallest absolute Gasteiger partial charge is 0.424 e. The van der Waals surface area contributed by atoms with Gasteiger partial charge in [0.1, 0.15) is 0 Å². The van der Waals surface area contributed by atoms with Gasteiger partial charge in [0, 0.05) is 0 Å². The van der Waals surface area contributed by atoms with Crippen LogP contribution in [0, 0.1) is 0 Å². The second-order valence-electron chi connectivity index (χ2n) is 2.77. The molecule has 0 saturated carbocycles. The molecule has 1 aromatic rings. The summed E-state index contributed by atoms with van der Waals surface area (Å²) in [5, 5.41) is 19.2. The number of fused-ring (bicyclic) bond motifs is 1. The van der Waals surface area contributed by atoms with Gasteiger partial charge in [-0.25, -0.2) is 9.98 Å². The summed E-state index contributed by atoms with van der Waals surface area (Å²) in [6.07, 6.45) is 0. The van der Waals surface area contributed by atoms with Gasteiger partial charge in [0.25, 0.3) is 0 Å². The van der Waals surface area contributed by atoms with Crippen molar-refractivity contribution in [3.8, 4) is 0 Å². The Labute approximate surface area is 80.2 Å². The molecule has 0 spiro atoms. The van der Waals surface area contributed by atoms with Crippen LogP contribution in [0.15, 0.2) is 34.3 Å². The fourth-order valence-corrected chi connectivity index (χ4v) is 1.36. The van der Waals surface area contributed by atoms with Crippen molar-refractivity contribution in [1.82, 2.24) is 0 Å². The lowest BCUT2D eigenvalue weighted by Gasteiger charge is -2.13. The second kappa shape index (κ2) is 2.83. The highest BCUT2D eigenvalue weighted by Crippen LogP contribution is 2.19. The van der Waals surface area contributed by atoms with E-state index in [1.54, 1.807) is 24.3 Å². The van der Waals surface area contributed by atoms with Gasteiger partial charge < -0.3 is 10.0 Å². The molecule has 0 aromatic heterocycles. The van der Waals surface area contributed by atoms with Gasteiger partial charge in [-0.2, -0.15) is 0 Å². The zero-order valence-corrected chi connectivity index (χ0v) is 7.52. The molecule has 0 atom stereocenters. The van der Waals surface area contributed by atoms with Crippen molar-refractivity contribution in [2.75, 3.05) is 0 Å². The predicted octanol–water partition coefficient (Wildman–Crippen LogP) is -1.47. The van der Waals surface area contributed by atoms with Crippen molar-refractivity contribution < 1.29 is 10.0 Å². The molecule has 1 heterocycles. The summed E-state index contributed by atoms with van der Waals surface area (Å²) < 4.78 is 0. The standard InChI is InChI=1S/C7H7BN2O2S/c11-8(12)7(13)9-5-3-1-2-4-6(5)10-7/h1-4,11-13H. The summed E-state index contributed by atoms with van der Waals surface area (Å²) in [4.78, 5) is 6.52. The van der Waals surface area contributed by atoms with Gasteiger partial charge in [0.2, 0.25) is 4.89 Å². The number of hydrogen-bond acceptors (Lipinski definition) is 5. The van der Waals surface area contributed by atoms with E-state index in [1.807, 2.05) is 0 Å². The molecular formula is C7H7BN2O2S. The molecular weight excluding hydrogens is 187 g/mol. The van der Waals surface area contributed by atoms with Crippen molar-refractivity contribution in [3.05, 3.63) is 35.0 Å². The minimum Gasteiger partial charge on any atom is -0.424 e. The van der Waals surface area contributed by atoms with Gasteiger partial charge in [0.05, 0.1) is 10.7 Å². The SMILES string of the molecule is OB(O)C1(S)N=c2ccccc2=N1. The Hall–Kier alpha value is -0.845. The molecule has 0 bridgehead atoms. The van der Waals surface area contributed by atoms with Crippen molar-refractivity contribution in [3.63, 3.8) is 0 Å². The highest BCUT2D eigenvalue weighted by molar-refractivity contribution is 7.83. The average Bonchev–Trinajstić information content (AvgIpc) is 2.42. The lowest BCUT2D eigenvalue weighted by molar-refractivity contribution is 0.381. The predicted molar refractivity (Wildman–Crippen MR) is 50.7 cm³/mol. The molecule has 0 aliphatic carbocycles. The van der Waals surface area contributed by atoms with Crippen LogP contribution in [0.4, 0.5) is 0 Å². The van der Waals surface area contributed by atoms with Crippen LogP contribution in [-0.4, -0.2) is 22.1 Å². The Morgan fingerprint density at radius 1 is 1.15 bits per heavy atom. The average molecular weight is 194 g/mol. The highest BCUT2D eigenvalue weighted by atomic mass is 32.1. The summed E-state index contributed by atoms with van der Waals surface area (Å²) in [7, 11) is -1.69. The van der Waals surface area contributed by atoms with E-state index in [0.717, 1.165) is 0 Å². The fraction of sp³-hybridized carbons (Fsp3) is 0.143. The van der Waals surface area contributed by atoms with E-state index >= 15 is 0 Å². The van der Waals surface area contributed by atoms with E-state index in [-0.39, 0.29) is 0 Å². The molecule has 13 heavy (non-hydrogen) atoms. The van der Waals surface area contributed by atoms with Crippen LogP contribution in [-0.2, 0) is 0 Å².